The smallest absolute Gasteiger partial charge is 0.336 e. The molecule has 0 radical (unpaired) electrons. The zero-order valence-electron chi connectivity index (χ0n) is 16.6. The van der Waals surface area contributed by atoms with Crippen molar-refractivity contribution in [1.29, 1.82) is 0 Å². The van der Waals surface area contributed by atoms with Gasteiger partial charge in [-0.3, -0.25) is 4.79 Å². The first-order valence-electron chi connectivity index (χ1n) is 9.45. The fraction of sp³-hybridized carbons (Fsp3) is 0.120. The van der Waals surface area contributed by atoms with Gasteiger partial charge in [-0.2, -0.15) is 0 Å². The molecule has 0 atom stereocenters. The number of rotatable bonds is 3. The lowest BCUT2D eigenvalue weighted by molar-refractivity contribution is 0.0963. The summed E-state index contributed by atoms with van der Waals surface area (Å²) in [6, 6.07) is 20.9. The molecule has 0 saturated carbocycles. The van der Waals surface area contributed by atoms with Gasteiger partial charge in [0.15, 0.2) is 0 Å². The molecule has 4 aromatic rings. The van der Waals surface area contributed by atoms with E-state index in [1.165, 1.54) is 0 Å². The van der Waals surface area contributed by atoms with Crippen LogP contribution in [0, 0.1) is 13.8 Å². The quantitative estimate of drug-likeness (QED) is 0.501. The minimum atomic E-state index is -0.363. The summed E-state index contributed by atoms with van der Waals surface area (Å²) < 4.78 is 5.53. The molecule has 0 aliphatic carbocycles. The number of nitrogens with one attached hydrogen (secondary N) is 1. The Balaban J connectivity index is 1.98. The Bertz CT molecular complexity index is 1270. The second-order valence-corrected chi connectivity index (χ2v) is 7.07. The van der Waals surface area contributed by atoms with Crippen molar-refractivity contribution in [3.8, 4) is 22.3 Å². The van der Waals surface area contributed by atoms with E-state index in [1.807, 2.05) is 74.5 Å². The van der Waals surface area contributed by atoms with Crippen LogP contribution in [0.15, 0.2) is 75.9 Å². The molecule has 1 aromatic heterocycles. The van der Waals surface area contributed by atoms with Crippen LogP contribution in [0.3, 0.4) is 0 Å². The summed E-state index contributed by atoms with van der Waals surface area (Å²) in [5.74, 6) is -0.114. The number of carbonyl (C=O) groups is 1. The van der Waals surface area contributed by atoms with E-state index in [4.69, 9.17) is 4.42 Å². The highest BCUT2D eigenvalue weighted by Crippen LogP contribution is 2.37. The maximum Gasteiger partial charge on any atom is 0.336 e. The molecule has 0 saturated heterocycles. The molecule has 4 heteroatoms. The Kier molecular flexibility index (Phi) is 4.77. The molecule has 0 spiro atoms. The van der Waals surface area contributed by atoms with Crippen LogP contribution >= 0.6 is 0 Å². The molecule has 144 valence electrons. The van der Waals surface area contributed by atoms with Gasteiger partial charge < -0.3 is 9.73 Å². The molecule has 4 rings (SSSR count). The van der Waals surface area contributed by atoms with Crippen molar-refractivity contribution in [2.24, 2.45) is 0 Å². The minimum Gasteiger partial charge on any atom is -0.423 e. The van der Waals surface area contributed by atoms with Crippen molar-refractivity contribution in [1.82, 2.24) is 5.32 Å². The van der Waals surface area contributed by atoms with Crippen molar-refractivity contribution in [3.63, 3.8) is 0 Å². The van der Waals surface area contributed by atoms with Crippen LogP contribution in [0.1, 0.15) is 21.5 Å². The van der Waals surface area contributed by atoms with Gasteiger partial charge in [0.25, 0.3) is 5.91 Å². The Hall–Kier alpha value is -3.66. The molecule has 0 fully saturated rings. The van der Waals surface area contributed by atoms with E-state index in [0.29, 0.717) is 11.1 Å². The molecule has 4 nitrogen and oxygen atoms in total. The summed E-state index contributed by atoms with van der Waals surface area (Å²) in [6.07, 6.45) is 0. The van der Waals surface area contributed by atoms with Crippen molar-refractivity contribution < 1.29 is 9.21 Å². The summed E-state index contributed by atoms with van der Waals surface area (Å²) >= 11 is 0. The van der Waals surface area contributed by atoms with E-state index in [-0.39, 0.29) is 11.5 Å². The van der Waals surface area contributed by atoms with E-state index in [0.717, 1.165) is 38.8 Å². The molecule has 1 amide bonds. The van der Waals surface area contributed by atoms with Crippen LogP contribution in [-0.4, -0.2) is 13.0 Å². The number of hydrogen-bond acceptors (Lipinski definition) is 3. The van der Waals surface area contributed by atoms with Gasteiger partial charge in [-0.05, 0) is 59.9 Å². The maximum absolute atomic E-state index is 12.2. The van der Waals surface area contributed by atoms with Gasteiger partial charge in [0.05, 0.1) is 0 Å². The molecule has 0 aliphatic rings. The number of benzene rings is 3. The van der Waals surface area contributed by atoms with Crippen LogP contribution in [0.5, 0.6) is 0 Å². The highest BCUT2D eigenvalue weighted by atomic mass is 16.4. The van der Waals surface area contributed by atoms with E-state index < -0.39 is 0 Å². The predicted octanol–water partition coefficient (Wildman–Crippen LogP) is 5.10. The second-order valence-electron chi connectivity index (χ2n) is 7.07. The number of aryl methyl sites for hydroxylation is 2. The third-order valence-corrected chi connectivity index (χ3v) is 5.23. The lowest BCUT2D eigenvalue weighted by Crippen LogP contribution is -2.17. The van der Waals surface area contributed by atoms with Crippen LogP contribution in [0.25, 0.3) is 33.2 Å². The minimum absolute atomic E-state index is 0.114. The Labute approximate surface area is 168 Å². The van der Waals surface area contributed by atoms with Gasteiger partial charge >= 0.3 is 5.63 Å². The summed E-state index contributed by atoms with van der Waals surface area (Å²) in [6.45, 7) is 4.05. The molecule has 0 bridgehead atoms. The fourth-order valence-electron chi connectivity index (χ4n) is 3.91. The molecular formula is C25H21NO3. The molecule has 1 heterocycles. The highest BCUT2D eigenvalue weighted by molar-refractivity contribution is 6.00. The normalized spacial score (nSPS) is 10.9. The average molecular weight is 383 g/mol. The zero-order chi connectivity index (χ0) is 20.5. The van der Waals surface area contributed by atoms with Gasteiger partial charge in [0.1, 0.15) is 5.58 Å². The molecule has 29 heavy (non-hydrogen) atoms. The van der Waals surface area contributed by atoms with Gasteiger partial charge in [0.2, 0.25) is 0 Å². The standard InChI is InChI=1S/C25H21NO3/c1-15-13-21-24(20(14-22(27)29-21)17-7-5-4-6-8-17)16(2)23(15)18-9-11-19(12-10-18)25(28)26-3/h4-14H,1-3H3,(H,26,28). The van der Waals surface area contributed by atoms with Crippen LogP contribution < -0.4 is 10.9 Å². The van der Waals surface area contributed by atoms with Crippen LogP contribution in [0.2, 0.25) is 0 Å². The van der Waals surface area contributed by atoms with Crippen molar-refractivity contribution in [2.45, 2.75) is 13.8 Å². The van der Waals surface area contributed by atoms with E-state index >= 15 is 0 Å². The number of carbonyl (C=O) groups excluding carboxylic acids is 1. The largest absolute Gasteiger partial charge is 0.423 e. The molecular weight excluding hydrogens is 362 g/mol. The van der Waals surface area contributed by atoms with Gasteiger partial charge in [-0.1, -0.05) is 42.5 Å². The third kappa shape index (κ3) is 3.34. The Morgan fingerprint density at radius 3 is 2.24 bits per heavy atom. The maximum atomic E-state index is 12.2. The third-order valence-electron chi connectivity index (χ3n) is 5.23. The second kappa shape index (κ2) is 7.40. The average Bonchev–Trinajstić information content (AvgIpc) is 2.73. The summed E-state index contributed by atoms with van der Waals surface area (Å²) in [4.78, 5) is 24.0. The highest BCUT2D eigenvalue weighted by Gasteiger charge is 2.16. The Morgan fingerprint density at radius 1 is 0.897 bits per heavy atom. The van der Waals surface area contributed by atoms with E-state index in [9.17, 15) is 9.59 Å². The van der Waals surface area contributed by atoms with Gasteiger partial charge in [0, 0.05) is 29.6 Å². The zero-order valence-corrected chi connectivity index (χ0v) is 16.6. The molecule has 1 N–H and O–H groups in total. The first-order valence-corrected chi connectivity index (χ1v) is 9.45. The van der Waals surface area contributed by atoms with Crippen LogP contribution in [-0.2, 0) is 0 Å². The summed E-state index contributed by atoms with van der Waals surface area (Å²) in [7, 11) is 1.62. The number of hydrogen-bond donors (Lipinski definition) is 1. The SMILES string of the molecule is CNC(=O)c1ccc(-c2c(C)cc3oc(=O)cc(-c4ccccc4)c3c2C)cc1. The van der Waals surface area contributed by atoms with E-state index in [1.54, 1.807) is 13.1 Å². The number of amides is 1. The van der Waals surface area contributed by atoms with Crippen molar-refractivity contribution >= 4 is 16.9 Å². The molecule has 3 aromatic carbocycles. The predicted molar refractivity (Wildman–Crippen MR) is 116 cm³/mol. The Morgan fingerprint density at radius 2 is 1.59 bits per heavy atom. The lowest BCUT2D eigenvalue weighted by Gasteiger charge is -2.16. The summed E-state index contributed by atoms with van der Waals surface area (Å²) in [5, 5.41) is 3.56. The topological polar surface area (TPSA) is 59.3 Å². The number of fused-ring (bicyclic) bond motifs is 1. The van der Waals surface area contributed by atoms with E-state index in [2.05, 4.69) is 5.32 Å². The first-order chi connectivity index (χ1) is 14.0. The first kappa shape index (κ1) is 18.7. The lowest BCUT2D eigenvalue weighted by atomic mass is 9.89. The monoisotopic (exact) mass is 383 g/mol. The van der Waals surface area contributed by atoms with Gasteiger partial charge in [-0.15, -0.1) is 0 Å². The van der Waals surface area contributed by atoms with Crippen molar-refractivity contribution in [3.05, 3.63) is 93.8 Å². The molecule has 0 aliphatic heterocycles. The fourth-order valence-corrected chi connectivity index (χ4v) is 3.91. The molecule has 0 unspecified atom stereocenters. The summed E-state index contributed by atoms with van der Waals surface area (Å²) in [5.41, 5.74) is 6.80. The van der Waals surface area contributed by atoms with Crippen LogP contribution in [0.4, 0.5) is 0 Å². The van der Waals surface area contributed by atoms with Gasteiger partial charge in [-0.25, -0.2) is 4.79 Å². The van der Waals surface area contributed by atoms with Crippen molar-refractivity contribution in [2.75, 3.05) is 7.05 Å².